The first-order valence-corrected chi connectivity index (χ1v) is 12.5. The highest BCUT2D eigenvalue weighted by Gasteiger charge is 2.29. The van der Waals surface area contributed by atoms with Gasteiger partial charge in [0.25, 0.3) is 15.9 Å². The number of nitrogens with zero attached hydrogens (tertiary/aromatic N) is 3. The minimum atomic E-state index is -3.79. The van der Waals surface area contributed by atoms with Gasteiger partial charge in [-0.05, 0) is 19.1 Å². The zero-order chi connectivity index (χ0) is 20.5. The number of hydrogen-bond donors (Lipinski definition) is 1. The molecule has 9 nitrogen and oxygen atoms in total. The Morgan fingerprint density at radius 3 is 2.25 bits per heavy atom. The van der Waals surface area contributed by atoms with Crippen LogP contribution in [0.5, 0.6) is 0 Å². The number of carbonyl (C=O) groups excluding carboxylic acids is 1. The fraction of sp³-hybridized carbons (Fsp3) is 0.375. The molecule has 1 aromatic carbocycles. The highest BCUT2D eigenvalue weighted by atomic mass is 32.2. The normalized spacial score (nSPS) is 16.1. The molecule has 1 N–H and O–H groups in total. The van der Waals surface area contributed by atoms with Gasteiger partial charge in [0.1, 0.15) is 4.88 Å². The number of piperazine rings is 1. The van der Waals surface area contributed by atoms with E-state index in [1.165, 1.54) is 16.4 Å². The summed E-state index contributed by atoms with van der Waals surface area (Å²) in [5.74, 6) is -0.284. The number of amides is 1. The largest absolute Gasteiger partial charge is 0.335 e. The molecular formula is C16H20N4O5S3. The summed E-state index contributed by atoms with van der Waals surface area (Å²) in [7, 11) is -7.07. The second-order valence-electron chi connectivity index (χ2n) is 6.31. The lowest BCUT2D eigenvalue weighted by molar-refractivity contribution is 0.0702. The summed E-state index contributed by atoms with van der Waals surface area (Å²) in [6.45, 7) is 2.64. The van der Waals surface area contributed by atoms with Crippen LogP contribution in [0.2, 0.25) is 0 Å². The van der Waals surface area contributed by atoms with E-state index in [1.807, 2.05) is 0 Å². The quantitative estimate of drug-likeness (QED) is 0.734. The van der Waals surface area contributed by atoms with Gasteiger partial charge in [0.15, 0.2) is 5.13 Å². The average Bonchev–Trinajstić information content (AvgIpc) is 3.00. The van der Waals surface area contributed by atoms with Gasteiger partial charge >= 0.3 is 0 Å². The monoisotopic (exact) mass is 444 g/mol. The van der Waals surface area contributed by atoms with E-state index >= 15 is 0 Å². The van der Waals surface area contributed by atoms with Crippen molar-refractivity contribution in [3.8, 4) is 0 Å². The molecule has 3 rings (SSSR count). The molecule has 0 aliphatic carbocycles. The molecule has 12 heteroatoms. The maximum atomic E-state index is 12.8. The van der Waals surface area contributed by atoms with Gasteiger partial charge in [-0.2, -0.15) is 4.31 Å². The number of sulfonamides is 2. The SMILES string of the molecule is Cc1nc(NS(=O)(=O)c2ccccc2)sc1C(=O)N1CCN(S(C)(=O)=O)CC1. The van der Waals surface area contributed by atoms with Crippen LogP contribution in [0.15, 0.2) is 35.2 Å². The van der Waals surface area contributed by atoms with E-state index in [0.717, 1.165) is 17.6 Å². The summed E-state index contributed by atoms with van der Waals surface area (Å²) in [5, 5.41) is 0.111. The Kier molecular flexibility index (Phi) is 5.75. The van der Waals surface area contributed by atoms with Crippen LogP contribution in [-0.4, -0.2) is 69.4 Å². The van der Waals surface area contributed by atoms with Gasteiger partial charge in [-0.3, -0.25) is 9.52 Å². The van der Waals surface area contributed by atoms with Crippen molar-refractivity contribution in [2.75, 3.05) is 37.2 Å². The molecule has 152 valence electrons. The number of hydrogen-bond acceptors (Lipinski definition) is 7. The fourth-order valence-corrected chi connectivity index (χ4v) is 5.80. The van der Waals surface area contributed by atoms with Crippen LogP contribution in [-0.2, 0) is 20.0 Å². The molecule has 1 aliphatic heterocycles. The molecule has 0 atom stereocenters. The van der Waals surface area contributed by atoms with Crippen LogP contribution in [0.25, 0.3) is 0 Å². The molecule has 28 heavy (non-hydrogen) atoms. The molecule has 1 aromatic heterocycles. The molecule has 0 radical (unpaired) electrons. The predicted molar refractivity (Wildman–Crippen MR) is 106 cm³/mol. The Morgan fingerprint density at radius 1 is 1.07 bits per heavy atom. The maximum Gasteiger partial charge on any atom is 0.266 e. The fourth-order valence-electron chi connectivity index (χ4n) is 2.78. The van der Waals surface area contributed by atoms with Crippen molar-refractivity contribution < 1.29 is 21.6 Å². The third kappa shape index (κ3) is 4.51. The average molecular weight is 445 g/mol. The third-order valence-corrected chi connectivity index (χ3v) is 8.11. The highest BCUT2D eigenvalue weighted by molar-refractivity contribution is 7.93. The first-order chi connectivity index (χ1) is 13.1. The van der Waals surface area contributed by atoms with Gasteiger partial charge in [0, 0.05) is 26.2 Å². The summed E-state index contributed by atoms with van der Waals surface area (Å²) < 4.78 is 51.8. The van der Waals surface area contributed by atoms with Crippen LogP contribution in [0.1, 0.15) is 15.4 Å². The number of carbonyl (C=O) groups is 1. The Hall–Kier alpha value is -2.02. The number of anilines is 1. The van der Waals surface area contributed by atoms with Gasteiger partial charge < -0.3 is 4.90 Å². The second-order valence-corrected chi connectivity index (χ2v) is 11.0. The van der Waals surface area contributed by atoms with Crippen molar-refractivity contribution >= 4 is 42.4 Å². The van der Waals surface area contributed by atoms with Crippen molar-refractivity contribution in [3.05, 3.63) is 40.9 Å². The predicted octanol–water partition coefficient (Wildman–Crippen LogP) is 0.970. The first-order valence-electron chi connectivity index (χ1n) is 8.37. The summed E-state index contributed by atoms with van der Waals surface area (Å²) in [6.07, 6.45) is 1.14. The van der Waals surface area contributed by atoms with Crippen LogP contribution in [0.4, 0.5) is 5.13 Å². The van der Waals surface area contributed by atoms with Crippen molar-refractivity contribution in [3.63, 3.8) is 0 Å². The van der Waals surface area contributed by atoms with E-state index in [2.05, 4.69) is 9.71 Å². The highest BCUT2D eigenvalue weighted by Crippen LogP contribution is 2.26. The zero-order valence-electron chi connectivity index (χ0n) is 15.3. The summed E-state index contributed by atoms with van der Waals surface area (Å²) in [6, 6.07) is 7.89. The van der Waals surface area contributed by atoms with E-state index in [4.69, 9.17) is 0 Å². The van der Waals surface area contributed by atoms with E-state index in [1.54, 1.807) is 30.0 Å². The smallest absolute Gasteiger partial charge is 0.266 e. The number of aromatic nitrogens is 1. The second kappa shape index (κ2) is 7.78. The third-order valence-electron chi connectivity index (χ3n) is 4.26. The van der Waals surface area contributed by atoms with Crippen LogP contribution in [0.3, 0.4) is 0 Å². The first kappa shape index (κ1) is 20.7. The molecule has 0 saturated carbocycles. The summed E-state index contributed by atoms with van der Waals surface area (Å²) >= 11 is 0.965. The molecular weight excluding hydrogens is 424 g/mol. The van der Waals surface area contributed by atoms with E-state index in [9.17, 15) is 21.6 Å². The van der Waals surface area contributed by atoms with Crippen molar-refractivity contribution in [1.29, 1.82) is 0 Å². The lowest BCUT2D eigenvalue weighted by Gasteiger charge is -2.33. The number of aryl methyl sites for hydroxylation is 1. The van der Waals surface area contributed by atoms with Gasteiger partial charge in [-0.1, -0.05) is 29.5 Å². The molecule has 0 unspecified atom stereocenters. The Balaban J connectivity index is 1.73. The van der Waals surface area contributed by atoms with E-state index in [-0.39, 0.29) is 42.1 Å². The van der Waals surface area contributed by atoms with Gasteiger partial charge in [-0.15, -0.1) is 0 Å². The van der Waals surface area contributed by atoms with E-state index < -0.39 is 20.0 Å². The molecule has 2 aromatic rings. The number of rotatable bonds is 5. The lowest BCUT2D eigenvalue weighted by Crippen LogP contribution is -2.50. The lowest BCUT2D eigenvalue weighted by atomic mass is 10.3. The minimum Gasteiger partial charge on any atom is -0.335 e. The van der Waals surface area contributed by atoms with Gasteiger partial charge in [0.2, 0.25) is 10.0 Å². The van der Waals surface area contributed by atoms with Crippen LogP contribution in [0, 0.1) is 6.92 Å². The Morgan fingerprint density at radius 2 is 1.68 bits per heavy atom. The topological polar surface area (TPSA) is 117 Å². The molecule has 0 spiro atoms. The van der Waals surface area contributed by atoms with Crippen LogP contribution < -0.4 is 4.72 Å². The number of thiazole rings is 1. The van der Waals surface area contributed by atoms with Crippen LogP contribution >= 0.6 is 11.3 Å². The van der Waals surface area contributed by atoms with Gasteiger partial charge in [0.05, 0.1) is 16.8 Å². The maximum absolute atomic E-state index is 12.8. The number of nitrogens with one attached hydrogen (secondary N) is 1. The Labute approximate surface area is 168 Å². The molecule has 2 heterocycles. The molecule has 1 amide bonds. The molecule has 1 fully saturated rings. The van der Waals surface area contributed by atoms with E-state index in [0.29, 0.717) is 10.6 Å². The standard InChI is InChI=1S/C16H20N4O5S3/c1-12-14(15(21)19-8-10-20(11-9-19)27(2,22)23)26-16(17-12)18-28(24,25)13-6-4-3-5-7-13/h3-7H,8-11H2,1-2H3,(H,17,18). The summed E-state index contributed by atoms with van der Waals surface area (Å²) in [4.78, 5) is 18.9. The summed E-state index contributed by atoms with van der Waals surface area (Å²) in [5.41, 5.74) is 0.423. The molecule has 1 saturated heterocycles. The molecule has 1 aliphatic rings. The van der Waals surface area contributed by atoms with Gasteiger partial charge in [-0.25, -0.2) is 21.8 Å². The zero-order valence-corrected chi connectivity index (χ0v) is 17.8. The molecule has 0 bridgehead atoms. The van der Waals surface area contributed by atoms with Crippen molar-refractivity contribution in [2.24, 2.45) is 0 Å². The van der Waals surface area contributed by atoms with Crippen molar-refractivity contribution in [2.45, 2.75) is 11.8 Å². The number of benzene rings is 1. The minimum absolute atomic E-state index is 0.104. The Bertz CT molecular complexity index is 1070. The van der Waals surface area contributed by atoms with Crippen molar-refractivity contribution in [1.82, 2.24) is 14.2 Å².